The number of nitrogens with one attached hydrogen (secondary N) is 2. The molecule has 8 nitrogen and oxygen atoms in total. The van der Waals surface area contributed by atoms with E-state index in [1.54, 1.807) is 29.2 Å². The van der Waals surface area contributed by atoms with Crippen LogP contribution in [-0.4, -0.2) is 48.1 Å². The molecule has 2 heterocycles. The summed E-state index contributed by atoms with van der Waals surface area (Å²) in [5, 5.41) is 5.55. The summed E-state index contributed by atoms with van der Waals surface area (Å²) in [7, 11) is 0. The minimum absolute atomic E-state index is 0.133. The molecule has 2 aromatic rings. The van der Waals surface area contributed by atoms with Gasteiger partial charge < -0.3 is 20.3 Å². The minimum atomic E-state index is -0.508. The van der Waals surface area contributed by atoms with Crippen molar-refractivity contribution in [2.24, 2.45) is 0 Å². The van der Waals surface area contributed by atoms with Crippen LogP contribution < -0.4 is 15.5 Å². The van der Waals surface area contributed by atoms with Gasteiger partial charge in [0.15, 0.2) is 0 Å². The molecule has 32 heavy (non-hydrogen) atoms. The number of anilines is 2. The zero-order chi connectivity index (χ0) is 22.5. The molecule has 2 aromatic carbocycles. The molecule has 5 amide bonds. The van der Waals surface area contributed by atoms with E-state index in [4.69, 9.17) is 4.74 Å². The maximum atomic E-state index is 12.7. The van der Waals surface area contributed by atoms with Gasteiger partial charge >= 0.3 is 12.1 Å². The van der Waals surface area contributed by atoms with Gasteiger partial charge in [-0.2, -0.15) is 0 Å². The first-order valence-corrected chi connectivity index (χ1v) is 11.0. The van der Waals surface area contributed by atoms with E-state index in [9.17, 15) is 14.4 Å². The number of likely N-dealkylation sites (tertiary alicyclic amines) is 1. The summed E-state index contributed by atoms with van der Waals surface area (Å²) < 4.78 is 5.99. The molecule has 2 aliphatic heterocycles. The lowest BCUT2D eigenvalue weighted by Gasteiger charge is -2.32. The van der Waals surface area contributed by atoms with E-state index >= 15 is 0 Å². The van der Waals surface area contributed by atoms with Gasteiger partial charge in [0.1, 0.15) is 6.04 Å². The van der Waals surface area contributed by atoms with Crippen molar-refractivity contribution in [3.8, 4) is 0 Å². The molecule has 1 atom stereocenters. The SMILES string of the molecule is CC[C@H]1NC(=O)N(c2cccc(NC(=O)N3CCC(OCc4ccccc4)CC3)c2)C1=O. The summed E-state index contributed by atoms with van der Waals surface area (Å²) in [6.45, 7) is 3.64. The standard InChI is InChI=1S/C24H28N4O4/c1-2-21-22(29)28(24(31)26-21)19-10-6-9-18(15-19)25-23(30)27-13-11-20(12-14-27)32-16-17-7-4-3-5-8-17/h3-10,15,20-21H,2,11-14,16H2,1H3,(H,25,30)(H,26,31)/t21-/m1/s1. The minimum Gasteiger partial charge on any atom is -0.373 e. The molecule has 8 heteroatoms. The Bertz CT molecular complexity index is 973. The molecule has 2 aliphatic rings. The number of ether oxygens (including phenoxy) is 1. The summed E-state index contributed by atoms with van der Waals surface area (Å²) in [5.74, 6) is -0.279. The highest BCUT2D eigenvalue weighted by Gasteiger charge is 2.38. The third kappa shape index (κ3) is 4.91. The summed E-state index contributed by atoms with van der Waals surface area (Å²) >= 11 is 0. The van der Waals surface area contributed by atoms with Crippen LogP contribution in [0.25, 0.3) is 0 Å². The Kier molecular flexibility index (Phi) is 6.70. The molecule has 4 rings (SSSR count). The Labute approximate surface area is 187 Å². The van der Waals surface area contributed by atoms with Crippen molar-refractivity contribution >= 4 is 29.3 Å². The molecular formula is C24H28N4O4. The number of nitrogens with zero attached hydrogens (tertiary/aromatic N) is 2. The fraction of sp³-hybridized carbons (Fsp3) is 0.375. The predicted molar refractivity (Wildman–Crippen MR) is 121 cm³/mol. The maximum absolute atomic E-state index is 12.7. The number of imide groups is 1. The Morgan fingerprint density at radius 1 is 1.09 bits per heavy atom. The molecule has 0 aliphatic carbocycles. The van der Waals surface area contributed by atoms with Gasteiger partial charge in [-0.25, -0.2) is 14.5 Å². The second-order valence-electron chi connectivity index (χ2n) is 8.05. The summed E-state index contributed by atoms with van der Waals surface area (Å²) in [5.41, 5.74) is 2.12. The number of carbonyl (C=O) groups excluding carboxylic acids is 3. The third-order valence-electron chi connectivity index (χ3n) is 5.84. The molecular weight excluding hydrogens is 408 g/mol. The van der Waals surface area contributed by atoms with Crippen LogP contribution in [0.5, 0.6) is 0 Å². The molecule has 168 valence electrons. The number of amides is 5. The van der Waals surface area contributed by atoms with Crippen LogP contribution in [0, 0.1) is 0 Å². The van der Waals surface area contributed by atoms with Gasteiger partial charge in [-0.1, -0.05) is 43.3 Å². The molecule has 0 saturated carbocycles. The summed E-state index contributed by atoms with van der Waals surface area (Å²) in [6.07, 6.45) is 2.22. The molecule has 2 saturated heterocycles. The van der Waals surface area contributed by atoms with E-state index in [2.05, 4.69) is 10.6 Å². The van der Waals surface area contributed by atoms with E-state index in [-0.39, 0.29) is 18.0 Å². The van der Waals surface area contributed by atoms with Gasteiger partial charge in [-0.05, 0) is 43.0 Å². The number of carbonyl (C=O) groups is 3. The van der Waals surface area contributed by atoms with Crippen LogP contribution >= 0.6 is 0 Å². The number of hydrogen-bond acceptors (Lipinski definition) is 4. The van der Waals surface area contributed by atoms with Crippen molar-refractivity contribution in [1.29, 1.82) is 0 Å². The molecule has 0 unspecified atom stereocenters. The second-order valence-corrected chi connectivity index (χ2v) is 8.05. The lowest BCUT2D eigenvalue weighted by Crippen LogP contribution is -2.43. The van der Waals surface area contributed by atoms with Crippen molar-refractivity contribution in [2.45, 2.75) is 44.9 Å². The van der Waals surface area contributed by atoms with Crippen LogP contribution in [0.15, 0.2) is 54.6 Å². The number of piperidine rings is 1. The summed E-state index contributed by atoms with van der Waals surface area (Å²) in [6, 6.07) is 15.7. The van der Waals surface area contributed by atoms with Crippen molar-refractivity contribution < 1.29 is 19.1 Å². The van der Waals surface area contributed by atoms with Gasteiger partial charge in [-0.3, -0.25) is 4.79 Å². The fourth-order valence-corrected chi connectivity index (χ4v) is 3.99. The van der Waals surface area contributed by atoms with Gasteiger partial charge in [0, 0.05) is 18.8 Å². The second kappa shape index (κ2) is 9.82. The highest BCUT2D eigenvalue weighted by molar-refractivity contribution is 6.21. The van der Waals surface area contributed by atoms with E-state index in [1.165, 1.54) is 0 Å². The largest absolute Gasteiger partial charge is 0.373 e. The summed E-state index contributed by atoms with van der Waals surface area (Å²) in [4.78, 5) is 40.2. The average Bonchev–Trinajstić information content (AvgIpc) is 3.11. The highest BCUT2D eigenvalue weighted by Crippen LogP contribution is 2.24. The van der Waals surface area contributed by atoms with Crippen LogP contribution in [0.1, 0.15) is 31.7 Å². The number of urea groups is 2. The first kappa shape index (κ1) is 21.8. The lowest BCUT2D eigenvalue weighted by molar-refractivity contribution is -0.118. The molecule has 0 radical (unpaired) electrons. The normalized spacial score (nSPS) is 19.2. The molecule has 2 N–H and O–H groups in total. The smallest absolute Gasteiger partial charge is 0.329 e. The predicted octanol–water partition coefficient (Wildman–Crippen LogP) is 3.73. The Morgan fingerprint density at radius 2 is 1.84 bits per heavy atom. The first-order chi connectivity index (χ1) is 15.5. The Hall–Kier alpha value is -3.39. The van der Waals surface area contributed by atoms with Gasteiger partial charge in [0.2, 0.25) is 0 Å². The van der Waals surface area contributed by atoms with E-state index in [0.717, 1.165) is 23.3 Å². The van der Waals surface area contributed by atoms with Gasteiger partial charge in [0.25, 0.3) is 5.91 Å². The lowest BCUT2D eigenvalue weighted by atomic mass is 10.1. The van der Waals surface area contributed by atoms with E-state index in [0.29, 0.717) is 37.5 Å². The van der Waals surface area contributed by atoms with Crippen LogP contribution in [0.4, 0.5) is 21.0 Å². The fourth-order valence-electron chi connectivity index (χ4n) is 3.99. The van der Waals surface area contributed by atoms with Crippen LogP contribution in [-0.2, 0) is 16.1 Å². The molecule has 0 spiro atoms. The van der Waals surface area contributed by atoms with Crippen molar-refractivity contribution in [3.05, 3.63) is 60.2 Å². The topological polar surface area (TPSA) is 91.0 Å². The number of benzene rings is 2. The zero-order valence-corrected chi connectivity index (χ0v) is 18.1. The Morgan fingerprint density at radius 3 is 2.53 bits per heavy atom. The van der Waals surface area contributed by atoms with Crippen LogP contribution in [0.3, 0.4) is 0 Å². The molecule has 2 fully saturated rings. The Balaban J connectivity index is 1.30. The van der Waals surface area contributed by atoms with Crippen molar-refractivity contribution in [1.82, 2.24) is 10.2 Å². The monoisotopic (exact) mass is 436 g/mol. The number of rotatable bonds is 6. The zero-order valence-electron chi connectivity index (χ0n) is 18.1. The van der Waals surface area contributed by atoms with E-state index < -0.39 is 12.1 Å². The van der Waals surface area contributed by atoms with Crippen molar-refractivity contribution in [3.63, 3.8) is 0 Å². The van der Waals surface area contributed by atoms with Gasteiger partial charge in [0.05, 0.1) is 18.4 Å². The van der Waals surface area contributed by atoms with E-state index in [1.807, 2.05) is 37.3 Å². The molecule has 0 aromatic heterocycles. The quantitative estimate of drug-likeness (QED) is 0.675. The van der Waals surface area contributed by atoms with Crippen LogP contribution in [0.2, 0.25) is 0 Å². The average molecular weight is 437 g/mol. The van der Waals surface area contributed by atoms with Crippen molar-refractivity contribution in [2.75, 3.05) is 23.3 Å². The number of hydrogen-bond donors (Lipinski definition) is 2. The first-order valence-electron chi connectivity index (χ1n) is 11.0. The van der Waals surface area contributed by atoms with Gasteiger partial charge in [-0.15, -0.1) is 0 Å². The third-order valence-corrected chi connectivity index (χ3v) is 5.84. The highest BCUT2D eigenvalue weighted by atomic mass is 16.5. The maximum Gasteiger partial charge on any atom is 0.329 e. The molecule has 0 bridgehead atoms.